The number of aryl methyl sites for hydroxylation is 1. The van der Waals surface area contributed by atoms with Crippen LogP contribution in [0.1, 0.15) is 42.5 Å². The Kier molecular flexibility index (Phi) is 5.20. The molecular weight excluding hydrogens is 408 g/mol. The molecular formula is C24H26N4O4. The molecule has 2 atom stereocenters. The topological polar surface area (TPSA) is 83.5 Å². The fourth-order valence-corrected chi connectivity index (χ4v) is 4.36. The average Bonchev–Trinajstić information content (AvgIpc) is 3.52. The molecule has 1 saturated heterocycles. The van der Waals surface area contributed by atoms with E-state index in [-0.39, 0.29) is 30.8 Å². The summed E-state index contributed by atoms with van der Waals surface area (Å²) < 4.78 is 10.8. The highest BCUT2D eigenvalue weighted by molar-refractivity contribution is 6.08. The number of rotatable bonds is 4. The van der Waals surface area contributed by atoms with Gasteiger partial charge in [0.25, 0.3) is 0 Å². The summed E-state index contributed by atoms with van der Waals surface area (Å²) in [6.07, 6.45) is 1.38. The van der Waals surface area contributed by atoms with Crippen LogP contribution >= 0.6 is 0 Å². The van der Waals surface area contributed by atoms with Gasteiger partial charge < -0.3 is 19.7 Å². The molecule has 0 bridgehead atoms. The fourth-order valence-electron chi connectivity index (χ4n) is 4.36. The van der Waals surface area contributed by atoms with Crippen molar-refractivity contribution >= 4 is 17.6 Å². The van der Waals surface area contributed by atoms with E-state index in [0.717, 1.165) is 28.8 Å². The van der Waals surface area contributed by atoms with Gasteiger partial charge in [-0.25, -0.2) is 9.80 Å². The minimum atomic E-state index is -0.297. The molecule has 0 radical (unpaired) electrons. The molecule has 2 aromatic carbocycles. The number of nitrogens with one attached hydrogen (secondary N) is 1. The number of carbonyl (C=O) groups excluding carboxylic acids is 2. The summed E-state index contributed by atoms with van der Waals surface area (Å²) in [5.41, 5.74) is 3.75. The number of fused-ring (bicyclic) bond motifs is 1. The van der Waals surface area contributed by atoms with E-state index in [9.17, 15) is 9.59 Å². The van der Waals surface area contributed by atoms with Crippen LogP contribution in [0.2, 0.25) is 0 Å². The van der Waals surface area contributed by atoms with Crippen LogP contribution in [-0.2, 0) is 4.79 Å². The number of likely N-dealkylation sites (tertiary alicyclic amines) is 1. The van der Waals surface area contributed by atoms with Gasteiger partial charge in [0.15, 0.2) is 11.5 Å². The summed E-state index contributed by atoms with van der Waals surface area (Å²) in [4.78, 5) is 27.4. The number of hydrogen-bond acceptors (Lipinski definition) is 5. The number of hydrogen-bond donors (Lipinski definition) is 1. The molecule has 166 valence electrons. The van der Waals surface area contributed by atoms with Crippen molar-refractivity contribution in [2.45, 2.75) is 38.8 Å². The van der Waals surface area contributed by atoms with Crippen molar-refractivity contribution in [3.63, 3.8) is 0 Å². The highest BCUT2D eigenvalue weighted by Crippen LogP contribution is 2.34. The molecule has 1 fully saturated rings. The second-order valence-electron chi connectivity index (χ2n) is 8.42. The van der Waals surface area contributed by atoms with Crippen molar-refractivity contribution < 1.29 is 19.1 Å². The zero-order valence-electron chi connectivity index (χ0n) is 18.2. The van der Waals surface area contributed by atoms with Crippen LogP contribution < -0.4 is 14.8 Å². The normalized spacial score (nSPS) is 20.5. The predicted molar refractivity (Wildman–Crippen MR) is 119 cm³/mol. The standard InChI is InChI=1S/C24H26N4O4/c1-15-5-7-17(8-6-15)23-19(27-11-3-4-22(27)29)13-28(26-23)24(30)25-16(2)18-9-10-20-21(12-18)32-14-31-20/h5-10,12,16,19H,3-4,11,13-14H2,1-2H3,(H,25,30)/t16?,19-/m1/s1. The highest BCUT2D eigenvalue weighted by atomic mass is 16.7. The van der Waals surface area contributed by atoms with Crippen LogP contribution in [0, 0.1) is 6.92 Å². The number of hydrazone groups is 1. The van der Waals surface area contributed by atoms with Crippen molar-refractivity contribution in [1.82, 2.24) is 15.2 Å². The maximum absolute atomic E-state index is 13.1. The van der Waals surface area contributed by atoms with Crippen LogP contribution in [-0.4, -0.2) is 53.5 Å². The molecule has 3 heterocycles. The summed E-state index contributed by atoms with van der Waals surface area (Å²) in [6.45, 7) is 5.18. The Morgan fingerprint density at radius 1 is 1.16 bits per heavy atom. The van der Waals surface area contributed by atoms with Gasteiger partial charge in [0.1, 0.15) is 0 Å². The molecule has 8 heteroatoms. The largest absolute Gasteiger partial charge is 0.454 e. The van der Waals surface area contributed by atoms with Crippen LogP contribution in [0.3, 0.4) is 0 Å². The van der Waals surface area contributed by atoms with E-state index in [1.165, 1.54) is 5.01 Å². The second-order valence-corrected chi connectivity index (χ2v) is 8.42. The average molecular weight is 434 g/mol. The van der Waals surface area contributed by atoms with Gasteiger partial charge in [-0.2, -0.15) is 5.10 Å². The van der Waals surface area contributed by atoms with Crippen molar-refractivity contribution in [3.8, 4) is 11.5 Å². The van der Waals surface area contributed by atoms with E-state index in [1.807, 2.05) is 61.2 Å². The summed E-state index contributed by atoms with van der Waals surface area (Å²) in [5, 5.41) is 9.10. The molecule has 32 heavy (non-hydrogen) atoms. The van der Waals surface area contributed by atoms with Crippen LogP contribution in [0.25, 0.3) is 0 Å². The Morgan fingerprint density at radius 3 is 2.69 bits per heavy atom. The van der Waals surface area contributed by atoms with E-state index in [0.29, 0.717) is 31.0 Å². The number of ether oxygens (including phenoxy) is 2. The first-order valence-corrected chi connectivity index (χ1v) is 10.9. The number of nitrogens with zero attached hydrogens (tertiary/aromatic N) is 3. The Balaban J connectivity index is 1.35. The number of amides is 3. The SMILES string of the molecule is Cc1ccc(C2=NN(C(=O)NC(C)c3ccc4c(c3)OCO4)C[C@H]2N2CCCC2=O)cc1. The van der Waals surface area contributed by atoms with Gasteiger partial charge in [0.2, 0.25) is 12.7 Å². The first kappa shape index (κ1) is 20.4. The first-order chi connectivity index (χ1) is 15.5. The van der Waals surface area contributed by atoms with Crippen molar-refractivity contribution in [3.05, 3.63) is 59.2 Å². The molecule has 0 spiro atoms. The molecule has 3 aliphatic heterocycles. The van der Waals surface area contributed by atoms with E-state index >= 15 is 0 Å². The zero-order valence-corrected chi connectivity index (χ0v) is 18.2. The number of urea groups is 1. The van der Waals surface area contributed by atoms with Gasteiger partial charge in [-0.05, 0) is 43.5 Å². The van der Waals surface area contributed by atoms with Crippen LogP contribution in [0.15, 0.2) is 47.6 Å². The van der Waals surface area contributed by atoms with E-state index in [2.05, 4.69) is 10.4 Å². The zero-order chi connectivity index (χ0) is 22.2. The molecule has 3 amide bonds. The lowest BCUT2D eigenvalue weighted by Gasteiger charge is -2.25. The van der Waals surface area contributed by atoms with Crippen molar-refractivity contribution in [1.29, 1.82) is 0 Å². The maximum Gasteiger partial charge on any atom is 0.338 e. The third-order valence-corrected chi connectivity index (χ3v) is 6.19. The van der Waals surface area contributed by atoms with Gasteiger partial charge >= 0.3 is 6.03 Å². The second kappa shape index (κ2) is 8.18. The summed E-state index contributed by atoms with van der Waals surface area (Å²) in [7, 11) is 0. The quantitative estimate of drug-likeness (QED) is 0.801. The summed E-state index contributed by atoms with van der Waals surface area (Å²) in [5.74, 6) is 1.50. The van der Waals surface area contributed by atoms with Crippen LogP contribution in [0.4, 0.5) is 4.79 Å². The third-order valence-electron chi connectivity index (χ3n) is 6.19. The molecule has 3 aliphatic rings. The van der Waals surface area contributed by atoms with Gasteiger partial charge in [0.05, 0.1) is 24.3 Å². The Labute approximate surface area is 186 Å². The van der Waals surface area contributed by atoms with Crippen molar-refractivity contribution in [2.24, 2.45) is 5.10 Å². The lowest BCUT2D eigenvalue weighted by atomic mass is 10.0. The van der Waals surface area contributed by atoms with Gasteiger partial charge in [-0.1, -0.05) is 35.9 Å². The molecule has 1 N–H and O–H groups in total. The minimum Gasteiger partial charge on any atom is -0.454 e. The third kappa shape index (κ3) is 3.77. The fraction of sp³-hybridized carbons (Fsp3) is 0.375. The van der Waals surface area contributed by atoms with Gasteiger partial charge in [-0.3, -0.25) is 4.79 Å². The Hall–Kier alpha value is -3.55. The van der Waals surface area contributed by atoms with Gasteiger partial charge in [-0.15, -0.1) is 0 Å². The van der Waals surface area contributed by atoms with E-state index in [4.69, 9.17) is 9.47 Å². The number of benzene rings is 2. The summed E-state index contributed by atoms with van der Waals surface area (Å²) in [6, 6.07) is 12.9. The molecule has 0 saturated carbocycles. The smallest absolute Gasteiger partial charge is 0.338 e. The number of carbonyl (C=O) groups is 2. The molecule has 0 aliphatic carbocycles. The molecule has 8 nitrogen and oxygen atoms in total. The van der Waals surface area contributed by atoms with E-state index < -0.39 is 0 Å². The molecule has 0 aromatic heterocycles. The lowest BCUT2D eigenvalue weighted by molar-refractivity contribution is -0.128. The maximum atomic E-state index is 13.1. The molecule has 1 unspecified atom stereocenters. The predicted octanol–water partition coefficient (Wildman–Crippen LogP) is 3.21. The van der Waals surface area contributed by atoms with Crippen molar-refractivity contribution in [2.75, 3.05) is 19.9 Å². The molecule has 5 rings (SSSR count). The van der Waals surface area contributed by atoms with E-state index in [1.54, 1.807) is 0 Å². The monoisotopic (exact) mass is 434 g/mol. The van der Waals surface area contributed by atoms with Crippen LogP contribution in [0.5, 0.6) is 11.5 Å². The first-order valence-electron chi connectivity index (χ1n) is 10.9. The Bertz CT molecular complexity index is 1080. The lowest BCUT2D eigenvalue weighted by Crippen LogP contribution is -2.46. The molecule has 2 aromatic rings. The highest BCUT2D eigenvalue weighted by Gasteiger charge is 2.39. The summed E-state index contributed by atoms with van der Waals surface area (Å²) >= 11 is 0. The van der Waals surface area contributed by atoms with Gasteiger partial charge in [0, 0.05) is 13.0 Å². The minimum absolute atomic E-state index is 0.116. The Morgan fingerprint density at radius 2 is 1.94 bits per heavy atom.